The molecular formula is C14H21F2N3O3S. The molecule has 0 atom stereocenters. The number of nitrogens with one attached hydrogen (secondary N) is 1. The van der Waals surface area contributed by atoms with Gasteiger partial charge in [-0.3, -0.25) is 9.48 Å². The Labute approximate surface area is 134 Å². The number of sulfonamides is 1. The van der Waals surface area contributed by atoms with Crippen LogP contribution in [0.4, 0.5) is 8.78 Å². The minimum atomic E-state index is -3.86. The molecular weight excluding hydrogens is 328 g/mol. The Kier molecular flexibility index (Phi) is 5.38. The lowest BCUT2D eigenvalue weighted by Gasteiger charge is -2.11. The SMILES string of the molecule is CC(C)Cn1cc(C(F)F)c(C(=O)NS(=O)(=O)C2CCCC2)n1. The Bertz CT molecular complexity index is 665. The first-order chi connectivity index (χ1) is 10.7. The normalized spacial score (nSPS) is 16.4. The summed E-state index contributed by atoms with van der Waals surface area (Å²) in [4.78, 5) is 12.1. The number of amides is 1. The van der Waals surface area contributed by atoms with Crippen LogP contribution in [-0.2, 0) is 16.6 Å². The van der Waals surface area contributed by atoms with E-state index >= 15 is 0 Å². The molecule has 0 unspecified atom stereocenters. The summed E-state index contributed by atoms with van der Waals surface area (Å²) in [6.45, 7) is 4.13. The second kappa shape index (κ2) is 6.94. The van der Waals surface area contributed by atoms with Gasteiger partial charge in [0, 0.05) is 12.7 Å². The van der Waals surface area contributed by atoms with E-state index in [0.717, 1.165) is 19.0 Å². The molecule has 0 aromatic carbocycles. The Morgan fingerprint density at radius 3 is 2.52 bits per heavy atom. The highest BCUT2D eigenvalue weighted by molar-refractivity contribution is 7.90. The zero-order chi connectivity index (χ0) is 17.2. The predicted molar refractivity (Wildman–Crippen MR) is 80.7 cm³/mol. The van der Waals surface area contributed by atoms with Gasteiger partial charge in [-0.25, -0.2) is 21.9 Å². The average molecular weight is 349 g/mol. The molecule has 1 saturated carbocycles. The summed E-state index contributed by atoms with van der Waals surface area (Å²) >= 11 is 0. The van der Waals surface area contributed by atoms with Crippen molar-refractivity contribution in [2.75, 3.05) is 0 Å². The molecule has 2 rings (SSSR count). The second-order valence-electron chi connectivity index (χ2n) is 6.23. The van der Waals surface area contributed by atoms with Crippen LogP contribution in [0, 0.1) is 5.92 Å². The Hall–Kier alpha value is -1.51. The molecule has 0 aliphatic heterocycles. The highest BCUT2D eigenvalue weighted by atomic mass is 32.2. The van der Waals surface area contributed by atoms with Crippen LogP contribution >= 0.6 is 0 Å². The van der Waals surface area contributed by atoms with Crippen molar-refractivity contribution in [3.8, 4) is 0 Å². The predicted octanol–water partition coefficient (Wildman–Crippen LogP) is 2.48. The smallest absolute Gasteiger partial charge is 0.271 e. The zero-order valence-electron chi connectivity index (χ0n) is 13.1. The van der Waals surface area contributed by atoms with E-state index in [4.69, 9.17) is 0 Å². The van der Waals surface area contributed by atoms with Crippen LogP contribution in [0.5, 0.6) is 0 Å². The minimum Gasteiger partial charge on any atom is -0.271 e. The first-order valence-electron chi connectivity index (χ1n) is 7.62. The maximum atomic E-state index is 13.1. The summed E-state index contributed by atoms with van der Waals surface area (Å²) in [6, 6.07) is 0. The summed E-state index contributed by atoms with van der Waals surface area (Å²) in [5.74, 6) is -0.937. The van der Waals surface area contributed by atoms with Crippen molar-refractivity contribution in [2.24, 2.45) is 5.92 Å². The number of hydrogen-bond donors (Lipinski definition) is 1. The molecule has 1 aromatic heterocycles. The quantitative estimate of drug-likeness (QED) is 0.855. The fraction of sp³-hybridized carbons (Fsp3) is 0.714. The monoisotopic (exact) mass is 349 g/mol. The number of carbonyl (C=O) groups excluding carboxylic acids is 1. The average Bonchev–Trinajstić information content (AvgIpc) is 3.06. The first-order valence-corrected chi connectivity index (χ1v) is 9.16. The van der Waals surface area contributed by atoms with Crippen LogP contribution in [0.1, 0.15) is 62.0 Å². The molecule has 23 heavy (non-hydrogen) atoms. The maximum Gasteiger partial charge on any atom is 0.285 e. The number of alkyl halides is 2. The van der Waals surface area contributed by atoms with Crippen molar-refractivity contribution < 1.29 is 22.0 Å². The highest BCUT2D eigenvalue weighted by Crippen LogP contribution is 2.25. The van der Waals surface area contributed by atoms with Crippen LogP contribution in [0.15, 0.2) is 6.20 Å². The van der Waals surface area contributed by atoms with E-state index in [1.54, 1.807) is 0 Å². The number of hydrogen-bond acceptors (Lipinski definition) is 4. The van der Waals surface area contributed by atoms with Gasteiger partial charge >= 0.3 is 0 Å². The lowest BCUT2D eigenvalue weighted by atomic mass is 10.2. The van der Waals surface area contributed by atoms with Crippen LogP contribution in [0.25, 0.3) is 0 Å². The number of halogens is 2. The third kappa shape index (κ3) is 4.27. The van der Waals surface area contributed by atoms with Gasteiger partial charge < -0.3 is 0 Å². The van der Waals surface area contributed by atoms with Crippen molar-refractivity contribution in [1.82, 2.24) is 14.5 Å². The van der Waals surface area contributed by atoms with Gasteiger partial charge in [-0.1, -0.05) is 26.7 Å². The summed E-state index contributed by atoms with van der Waals surface area (Å²) in [7, 11) is -3.86. The third-order valence-electron chi connectivity index (χ3n) is 3.77. The van der Waals surface area contributed by atoms with Crippen molar-refractivity contribution in [2.45, 2.75) is 57.8 Å². The van der Waals surface area contributed by atoms with Crippen LogP contribution in [0.3, 0.4) is 0 Å². The Morgan fingerprint density at radius 2 is 2.00 bits per heavy atom. The van der Waals surface area contributed by atoms with E-state index in [-0.39, 0.29) is 5.92 Å². The molecule has 1 aliphatic rings. The minimum absolute atomic E-state index is 0.151. The van der Waals surface area contributed by atoms with E-state index in [1.165, 1.54) is 4.68 Å². The number of carbonyl (C=O) groups is 1. The first kappa shape index (κ1) is 17.8. The topological polar surface area (TPSA) is 81.1 Å². The molecule has 9 heteroatoms. The largest absolute Gasteiger partial charge is 0.285 e. The van der Waals surface area contributed by atoms with Crippen LogP contribution < -0.4 is 4.72 Å². The van der Waals surface area contributed by atoms with Gasteiger partial charge in [-0.2, -0.15) is 5.10 Å². The van der Waals surface area contributed by atoms with Gasteiger partial charge in [0.25, 0.3) is 12.3 Å². The Morgan fingerprint density at radius 1 is 1.39 bits per heavy atom. The van der Waals surface area contributed by atoms with Gasteiger partial charge in [0.15, 0.2) is 5.69 Å². The van der Waals surface area contributed by atoms with Gasteiger partial charge in [0.05, 0.1) is 10.8 Å². The molecule has 0 spiro atoms. The second-order valence-corrected chi connectivity index (χ2v) is 8.19. The van der Waals surface area contributed by atoms with E-state index in [1.807, 2.05) is 18.6 Å². The highest BCUT2D eigenvalue weighted by Gasteiger charge is 2.32. The van der Waals surface area contributed by atoms with Crippen molar-refractivity contribution in [1.29, 1.82) is 0 Å². The summed E-state index contributed by atoms with van der Waals surface area (Å²) in [5, 5.41) is 3.20. The van der Waals surface area contributed by atoms with Crippen LogP contribution in [-0.4, -0.2) is 29.4 Å². The molecule has 1 N–H and O–H groups in total. The number of nitrogens with zero attached hydrogens (tertiary/aromatic N) is 2. The van der Waals surface area contributed by atoms with Gasteiger partial charge in [0.2, 0.25) is 10.0 Å². The molecule has 0 saturated heterocycles. The van der Waals surface area contributed by atoms with E-state index < -0.39 is 38.9 Å². The molecule has 1 aromatic rings. The van der Waals surface area contributed by atoms with E-state index in [0.29, 0.717) is 19.4 Å². The Balaban J connectivity index is 2.22. The zero-order valence-corrected chi connectivity index (χ0v) is 13.9. The van der Waals surface area contributed by atoms with E-state index in [2.05, 4.69) is 5.10 Å². The van der Waals surface area contributed by atoms with Crippen LogP contribution in [0.2, 0.25) is 0 Å². The molecule has 1 heterocycles. The third-order valence-corrected chi connectivity index (χ3v) is 5.59. The standard InChI is InChI=1S/C14H21F2N3O3S/c1-9(2)7-19-8-11(13(15)16)12(17-19)14(20)18-23(21,22)10-5-3-4-6-10/h8-10,13H,3-7H2,1-2H3,(H,18,20). The van der Waals surface area contributed by atoms with Crippen molar-refractivity contribution >= 4 is 15.9 Å². The lowest BCUT2D eigenvalue weighted by Crippen LogP contribution is -2.37. The van der Waals surface area contributed by atoms with Gasteiger partial charge in [-0.05, 0) is 18.8 Å². The summed E-state index contributed by atoms with van der Waals surface area (Å²) < 4.78 is 53.6. The maximum absolute atomic E-state index is 13.1. The molecule has 0 radical (unpaired) electrons. The fourth-order valence-corrected chi connectivity index (χ4v) is 4.18. The van der Waals surface area contributed by atoms with Crippen molar-refractivity contribution in [3.05, 3.63) is 17.5 Å². The number of rotatable bonds is 6. The van der Waals surface area contributed by atoms with Gasteiger partial charge in [-0.15, -0.1) is 0 Å². The number of aromatic nitrogens is 2. The fourth-order valence-electron chi connectivity index (χ4n) is 2.70. The summed E-state index contributed by atoms with van der Waals surface area (Å²) in [6.07, 6.45) is 0.724. The molecule has 1 amide bonds. The lowest BCUT2D eigenvalue weighted by molar-refractivity contribution is 0.0961. The van der Waals surface area contributed by atoms with Crippen molar-refractivity contribution in [3.63, 3.8) is 0 Å². The molecule has 1 fully saturated rings. The molecule has 1 aliphatic carbocycles. The van der Waals surface area contributed by atoms with E-state index in [9.17, 15) is 22.0 Å². The van der Waals surface area contributed by atoms with Gasteiger partial charge in [0.1, 0.15) is 0 Å². The molecule has 6 nitrogen and oxygen atoms in total. The molecule has 0 bridgehead atoms. The molecule has 130 valence electrons. The summed E-state index contributed by atoms with van der Waals surface area (Å²) in [5.41, 5.74) is -1.08.